The molecule has 2 atom stereocenters. The molecule has 0 aromatic rings. The molecule has 0 radical (unpaired) electrons. The fourth-order valence-electron chi connectivity index (χ4n) is 10.7. The van der Waals surface area contributed by atoms with Crippen molar-refractivity contribution in [3.05, 3.63) is 36.5 Å². The highest BCUT2D eigenvalue weighted by atomic mass is 16.5. The van der Waals surface area contributed by atoms with E-state index in [-0.39, 0.29) is 18.5 Å². The minimum atomic E-state index is -0.673. The number of amides is 1. The largest absolute Gasteiger partial charge is 0.466 e. The summed E-state index contributed by atoms with van der Waals surface area (Å²) in [4.78, 5) is 24.6. The third-order valence-electron chi connectivity index (χ3n) is 15.9. The van der Waals surface area contributed by atoms with Crippen LogP contribution in [0.1, 0.15) is 373 Å². The van der Waals surface area contributed by atoms with Gasteiger partial charge in [0.05, 0.1) is 25.4 Å². The predicted octanol–water partition coefficient (Wildman–Crippen LogP) is 21.9. The Hall–Kier alpha value is -1.92. The van der Waals surface area contributed by atoms with Crippen LogP contribution in [0.4, 0.5) is 0 Å². The first-order valence-electron chi connectivity index (χ1n) is 34.2. The maximum absolute atomic E-state index is 12.5. The van der Waals surface area contributed by atoms with E-state index in [0.717, 1.165) is 57.8 Å². The summed E-state index contributed by atoms with van der Waals surface area (Å²) in [6, 6.07) is -0.551. The van der Waals surface area contributed by atoms with Gasteiger partial charge in [0.15, 0.2) is 0 Å². The Morgan fingerprint density at radius 3 is 1.03 bits per heavy atom. The maximum atomic E-state index is 12.5. The zero-order valence-electron chi connectivity index (χ0n) is 51.3. The van der Waals surface area contributed by atoms with E-state index in [1.807, 2.05) is 0 Å². The van der Waals surface area contributed by atoms with E-state index in [1.54, 1.807) is 0 Å². The van der Waals surface area contributed by atoms with E-state index in [9.17, 15) is 19.8 Å². The molecule has 1 amide bonds. The van der Waals surface area contributed by atoms with Gasteiger partial charge in [-0.2, -0.15) is 0 Å². The lowest BCUT2D eigenvalue weighted by atomic mass is 10.0. The van der Waals surface area contributed by atoms with Crippen LogP contribution in [0.25, 0.3) is 0 Å². The standard InChI is InChI=1S/C70H133NO5/c1-3-5-7-9-11-13-15-17-18-19-20-21-23-26-29-32-35-39-42-46-50-54-58-62-68(73)67(66-72)71-69(74)63-59-55-51-47-43-40-36-33-30-27-24-22-25-28-31-34-37-41-45-49-53-57-61-65-76-70(75)64-60-56-52-48-44-38-16-14-12-10-8-6-4-2/h14,16,22,25,27,30,67-68,72-73H,3-13,15,17-21,23-24,26,28-29,31-66H2,1-2H3,(H,71,74)/b16-14-,25-22-,30-27-. The molecule has 0 rings (SSSR count). The summed E-state index contributed by atoms with van der Waals surface area (Å²) in [5.41, 5.74) is 0. The predicted molar refractivity (Wildman–Crippen MR) is 333 cm³/mol. The minimum absolute atomic E-state index is 0.00174. The molecule has 0 aromatic heterocycles. The van der Waals surface area contributed by atoms with Crippen molar-refractivity contribution in [2.75, 3.05) is 13.2 Å². The number of esters is 1. The average Bonchev–Trinajstić information content (AvgIpc) is 3.42. The van der Waals surface area contributed by atoms with Crippen molar-refractivity contribution in [1.82, 2.24) is 5.32 Å². The lowest BCUT2D eigenvalue weighted by Gasteiger charge is -2.22. The van der Waals surface area contributed by atoms with Gasteiger partial charge in [-0.05, 0) is 83.5 Å². The maximum Gasteiger partial charge on any atom is 0.305 e. The first-order valence-corrected chi connectivity index (χ1v) is 34.2. The summed E-state index contributed by atoms with van der Waals surface area (Å²) < 4.78 is 5.47. The summed E-state index contributed by atoms with van der Waals surface area (Å²) in [6.07, 6.45) is 83.2. The van der Waals surface area contributed by atoms with E-state index in [1.165, 1.54) is 283 Å². The van der Waals surface area contributed by atoms with E-state index in [0.29, 0.717) is 25.9 Å². The number of carbonyl (C=O) groups is 2. The van der Waals surface area contributed by atoms with Crippen molar-refractivity contribution in [1.29, 1.82) is 0 Å². The normalized spacial score (nSPS) is 12.7. The summed E-state index contributed by atoms with van der Waals surface area (Å²) in [5.74, 6) is -0.0435. The average molecular weight is 1070 g/mol. The summed E-state index contributed by atoms with van der Waals surface area (Å²) in [6.45, 7) is 4.95. The number of ether oxygens (including phenoxy) is 1. The summed E-state index contributed by atoms with van der Waals surface area (Å²) >= 11 is 0. The van der Waals surface area contributed by atoms with Crippen molar-refractivity contribution >= 4 is 11.9 Å². The van der Waals surface area contributed by atoms with Gasteiger partial charge in [-0.15, -0.1) is 0 Å². The molecule has 448 valence electrons. The Kier molecular flexibility index (Phi) is 63.9. The molecule has 0 fully saturated rings. The van der Waals surface area contributed by atoms with Crippen molar-refractivity contribution in [3.8, 4) is 0 Å². The van der Waals surface area contributed by atoms with E-state index < -0.39 is 12.1 Å². The van der Waals surface area contributed by atoms with E-state index in [2.05, 4.69) is 55.6 Å². The van der Waals surface area contributed by atoms with E-state index >= 15 is 0 Å². The van der Waals surface area contributed by atoms with Gasteiger partial charge < -0.3 is 20.3 Å². The van der Waals surface area contributed by atoms with Crippen molar-refractivity contribution in [2.45, 2.75) is 386 Å². The van der Waals surface area contributed by atoms with Gasteiger partial charge in [0.1, 0.15) is 0 Å². The smallest absolute Gasteiger partial charge is 0.305 e. The number of hydrogen-bond donors (Lipinski definition) is 3. The lowest BCUT2D eigenvalue weighted by Crippen LogP contribution is -2.45. The molecule has 0 aliphatic heterocycles. The number of nitrogens with one attached hydrogen (secondary N) is 1. The fourth-order valence-corrected chi connectivity index (χ4v) is 10.7. The molecule has 0 aliphatic carbocycles. The zero-order chi connectivity index (χ0) is 55.0. The number of rotatable bonds is 64. The van der Waals surface area contributed by atoms with Crippen LogP contribution in [-0.4, -0.2) is 47.4 Å². The lowest BCUT2D eigenvalue weighted by molar-refractivity contribution is -0.143. The van der Waals surface area contributed by atoms with Crippen molar-refractivity contribution < 1.29 is 24.5 Å². The molecular weight excluding hydrogens is 935 g/mol. The molecule has 0 heterocycles. The van der Waals surface area contributed by atoms with E-state index in [4.69, 9.17) is 4.74 Å². The summed E-state index contributed by atoms with van der Waals surface area (Å²) in [5, 5.41) is 23.4. The number of aliphatic hydroxyl groups is 2. The molecule has 3 N–H and O–H groups in total. The monoisotopic (exact) mass is 1070 g/mol. The Bertz CT molecular complexity index is 1230. The second-order valence-electron chi connectivity index (χ2n) is 23.5. The third kappa shape index (κ3) is 61.3. The highest BCUT2D eigenvalue weighted by Gasteiger charge is 2.20. The molecule has 6 heteroatoms. The fraction of sp³-hybridized carbons (Fsp3) is 0.886. The Balaban J connectivity index is 3.45. The van der Waals surface area contributed by atoms with Gasteiger partial charge in [-0.3, -0.25) is 9.59 Å². The van der Waals surface area contributed by atoms with Crippen LogP contribution in [0, 0.1) is 0 Å². The van der Waals surface area contributed by atoms with Gasteiger partial charge >= 0.3 is 5.97 Å². The number of allylic oxidation sites excluding steroid dienone is 6. The first kappa shape index (κ1) is 74.1. The number of aliphatic hydroxyl groups excluding tert-OH is 2. The molecule has 2 unspecified atom stereocenters. The molecule has 0 bridgehead atoms. The Morgan fingerprint density at radius 1 is 0.368 bits per heavy atom. The van der Waals surface area contributed by atoms with Crippen LogP contribution in [-0.2, 0) is 14.3 Å². The molecule has 76 heavy (non-hydrogen) atoms. The molecule has 0 aromatic carbocycles. The quantitative estimate of drug-likeness (QED) is 0.0320. The number of carbonyl (C=O) groups excluding carboxylic acids is 2. The topological polar surface area (TPSA) is 95.9 Å². The van der Waals surface area contributed by atoms with Crippen LogP contribution in [0.5, 0.6) is 0 Å². The summed E-state index contributed by atoms with van der Waals surface area (Å²) in [7, 11) is 0. The molecule has 6 nitrogen and oxygen atoms in total. The number of hydrogen-bond acceptors (Lipinski definition) is 5. The molecular formula is C70H133NO5. The van der Waals surface area contributed by atoms with Crippen LogP contribution >= 0.6 is 0 Å². The first-order chi connectivity index (χ1) is 37.5. The Labute approximate surface area is 474 Å². The van der Waals surface area contributed by atoms with Gasteiger partial charge in [0, 0.05) is 12.8 Å². The molecule has 0 spiro atoms. The van der Waals surface area contributed by atoms with Gasteiger partial charge in [-0.1, -0.05) is 314 Å². The van der Waals surface area contributed by atoms with Crippen molar-refractivity contribution in [3.63, 3.8) is 0 Å². The zero-order valence-corrected chi connectivity index (χ0v) is 51.3. The Morgan fingerprint density at radius 2 is 0.658 bits per heavy atom. The van der Waals surface area contributed by atoms with Gasteiger partial charge in [0.25, 0.3) is 0 Å². The second-order valence-corrected chi connectivity index (χ2v) is 23.5. The molecule has 0 saturated heterocycles. The second kappa shape index (κ2) is 65.6. The van der Waals surface area contributed by atoms with Gasteiger partial charge in [0.2, 0.25) is 5.91 Å². The van der Waals surface area contributed by atoms with Crippen molar-refractivity contribution in [2.24, 2.45) is 0 Å². The SMILES string of the molecule is CCCCCC/C=C\CCCCCCCC(=O)OCCCCCCCCCCC/C=C\C/C=C\CCCCCCCCCC(=O)NC(CO)C(O)CCCCCCCCCCCCCCCCCCCCCCCCC. The van der Waals surface area contributed by atoms with Gasteiger partial charge in [-0.25, -0.2) is 0 Å². The minimum Gasteiger partial charge on any atom is -0.466 e. The van der Waals surface area contributed by atoms with Crippen LogP contribution in [0.2, 0.25) is 0 Å². The highest BCUT2D eigenvalue weighted by molar-refractivity contribution is 5.76. The van der Waals surface area contributed by atoms with Crippen LogP contribution in [0.3, 0.4) is 0 Å². The number of unbranched alkanes of at least 4 members (excludes halogenated alkanes) is 47. The van der Waals surface area contributed by atoms with Crippen LogP contribution in [0.15, 0.2) is 36.5 Å². The van der Waals surface area contributed by atoms with Crippen LogP contribution < -0.4 is 5.32 Å². The molecule has 0 saturated carbocycles. The highest BCUT2D eigenvalue weighted by Crippen LogP contribution is 2.18. The molecule has 0 aliphatic rings. The third-order valence-corrected chi connectivity index (χ3v) is 15.9.